The Labute approximate surface area is 299 Å². The number of rotatable bonds is 0. The van der Waals surface area contributed by atoms with E-state index in [1.807, 2.05) is 36.4 Å². The molecule has 280 valence electrons. The molecule has 18 heteroatoms. The lowest BCUT2D eigenvalue weighted by Gasteiger charge is -2.11. The highest BCUT2D eigenvalue weighted by molar-refractivity contribution is 6.04. The van der Waals surface area contributed by atoms with Crippen LogP contribution in [0.4, 0.5) is 0 Å². The van der Waals surface area contributed by atoms with Gasteiger partial charge in [-0.1, -0.05) is 32.8 Å². The first-order chi connectivity index (χ1) is 25.8. The van der Waals surface area contributed by atoms with Crippen molar-refractivity contribution in [3.05, 3.63) is 59.2 Å². The van der Waals surface area contributed by atoms with Crippen LogP contribution >= 0.6 is 0 Å². The first-order valence-corrected chi connectivity index (χ1v) is 17.4. The van der Waals surface area contributed by atoms with Crippen molar-refractivity contribution in [2.45, 2.75) is 50.8 Å². The van der Waals surface area contributed by atoms with Crippen molar-refractivity contribution < 1.29 is 57.2 Å². The molecule has 5 aliphatic rings. The molecule has 12 bridgehead atoms. The Kier molecular flexibility index (Phi) is 13.3. The fourth-order valence-electron chi connectivity index (χ4n) is 5.49. The first kappa shape index (κ1) is 36.2. The molecule has 7 rings (SSSR count). The van der Waals surface area contributed by atoms with Crippen LogP contribution in [0.3, 0.4) is 0 Å². The van der Waals surface area contributed by atoms with Crippen LogP contribution in [0.1, 0.15) is 48.5 Å². The van der Waals surface area contributed by atoms with Gasteiger partial charge in [0.05, 0.1) is 128 Å². The van der Waals surface area contributed by atoms with Crippen molar-refractivity contribution in [3.63, 3.8) is 0 Å². The third-order valence-electron chi connectivity index (χ3n) is 8.11. The van der Waals surface area contributed by atoms with E-state index >= 15 is 0 Å². The maximum absolute atomic E-state index is 5.78. The van der Waals surface area contributed by atoms with E-state index < -0.39 is 25.2 Å². The largest absolute Gasteiger partial charge is 0.377 e. The highest BCUT2D eigenvalue weighted by Crippen LogP contribution is 2.22. The predicted octanol–water partition coefficient (Wildman–Crippen LogP) is 2.13. The van der Waals surface area contributed by atoms with Gasteiger partial charge in [-0.2, -0.15) is 0 Å². The lowest BCUT2D eigenvalue weighted by atomic mass is 10.1. The summed E-state index contributed by atoms with van der Waals surface area (Å²) in [6, 6.07) is 11.3. The number of nitrogens with zero attached hydrogens (tertiary/aromatic N) is 6. The average Bonchev–Trinajstić information content (AvgIpc) is 4.01. The summed E-state index contributed by atoms with van der Waals surface area (Å²) in [4.78, 5) is 31.3. The molecule has 52 heavy (non-hydrogen) atoms. The molecule has 0 unspecified atom stereocenters. The maximum atomic E-state index is 5.78. The van der Waals surface area contributed by atoms with E-state index in [0.29, 0.717) is 151 Å². The minimum atomic E-state index is -0.517. The van der Waals surface area contributed by atoms with Gasteiger partial charge in [-0.15, -0.1) is 0 Å². The number of ether oxygens (including phenoxy) is 8. The van der Waals surface area contributed by atoms with E-state index in [1.165, 1.54) is 0 Å². The summed E-state index contributed by atoms with van der Waals surface area (Å²) in [7, 11) is 0. The molecule has 0 spiro atoms. The molecule has 7 heterocycles. The molecule has 0 N–H and O–H groups in total. The summed E-state index contributed by atoms with van der Waals surface area (Å²) in [5.74, 6) is 0. The van der Waals surface area contributed by atoms with Gasteiger partial charge in [-0.25, -0.2) is 9.97 Å². The van der Waals surface area contributed by atoms with Crippen LogP contribution in [-0.2, 0) is 57.2 Å². The Balaban J connectivity index is 0.862. The van der Waals surface area contributed by atoms with Crippen molar-refractivity contribution in [3.8, 4) is 0 Å². The zero-order chi connectivity index (χ0) is 35.2. The zero-order valence-electron chi connectivity index (χ0n) is 28.7. The molecule has 0 aromatic carbocycles. The molecule has 0 saturated carbocycles. The summed E-state index contributed by atoms with van der Waals surface area (Å²) in [6.45, 7) is 4.53. The maximum Gasteiger partial charge on any atom is 0.232 e. The van der Waals surface area contributed by atoms with E-state index in [0.717, 1.165) is 0 Å². The van der Waals surface area contributed by atoms with Crippen molar-refractivity contribution in [1.82, 2.24) is 9.97 Å². The number of hydrogen-bond donors (Lipinski definition) is 0. The minimum Gasteiger partial charge on any atom is -0.377 e. The Hall–Kier alpha value is -4.14. The van der Waals surface area contributed by atoms with Gasteiger partial charge in [0.15, 0.2) is 0 Å². The molecule has 0 fully saturated rings. The molecule has 2 aromatic rings. The van der Waals surface area contributed by atoms with Crippen molar-refractivity contribution in [1.29, 1.82) is 0 Å². The van der Waals surface area contributed by atoms with Gasteiger partial charge >= 0.3 is 0 Å². The van der Waals surface area contributed by atoms with E-state index in [4.69, 9.17) is 67.2 Å². The Morgan fingerprint density at radius 2 is 0.596 bits per heavy atom. The number of hydrogen-bond acceptors (Lipinski definition) is 18. The minimum absolute atomic E-state index is 0.342. The molecule has 4 atom stereocenters. The SMILES string of the molecule is c1cc2nc(c1)C1=NO[C@H](C1)OCCOCCOCCO[C@@H]1CC(=NO1)c1cccc(n1)C1=NO[C@@H](C1)OCCOCCOCCO[C@H]1CC2=NO1. The second-order valence-electron chi connectivity index (χ2n) is 11.9. The summed E-state index contributed by atoms with van der Waals surface area (Å²) in [6.07, 6.45) is -0.239. The summed E-state index contributed by atoms with van der Waals surface area (Å²) >= 11 is 0. The van der Waals surface area contributed by atoms with Crippen LogP contribution in [0.15, 0.2) is 57.0 Å². The molecule has 2 aromatic heterocycles. The Bertz CT molecular complexity index is 1370. The molecule has 0 saturated heterocycles. The number of oxime groups is 4. The molecule has 0 radical (unpaired) electrons. The highest BCUT2D eigenvalue weighted by atomic mass is 16.8. The van der Waals surface area contributed by atoms with Gasteiger partial charge in [-0.3, -0.25) is 0 Å². The van der Waals surface area contributed by atoms with Crippen LogP contribution in [0.5, 0.6) is 0 Å². The topological polar surface area (TPSA) is 186 Å². The highest BCUT2D eigenvalue weighted by Gasteiger charge is 2.28. The van der Waals surface area contributed by atoms with Gasteiger partial charge in [-0.05, 0) is 24.3 Å². The predicted molar refractivity (Wildman–Crippen MR) is 180 cm³/mol. The lowest BCUT2D eigenvalue weighted by Crippen LogP contribution is -2.20. The number of aromatic nitrogens is 2. The second kappa shape index (κ2) is 19.1. The van der Waals surface area contributed by atoms with E-state index in [1.54, 1.807) is 0 Å². The lowest BCUT2D eigenvalue weighted by molar-refractivity contribution is -0.139. The molecule has 5 aliphatic heterocycles. The van der Waals surface area contributed by atoms with Gasteiger partial charge < -0.3 is 57.2 Å². The van der Waals surface area contributed by atoms with Crippen LogP contribution in [0.25, 0.3) is 0 Å². The van der Waals surface area contributed by atoms with Gasteiger partial charge in [0, 0.05) is 0 Å². The molecule has 18 nitrogen and oxygen atoms in total. The van der Waals surface area contributed by atoms with Gasteiger partial charge in [0.25, 0.3) is 0 Å². The third kappa shape index (κ3) is 10.5. The fourth-order valence-corrected chi connectivity index (χ4v) is 5.49. The van der Waals surface area contributed by atoms with Crippen LogP contribution < -0.4 is 0 Å². The smallest absolute Gasteiger partial charge is 0.232 e. The van der Waals surface area contributed by atoms with Gasteiger partial charge in [0.1, 0.15) is 22.8 Å². The summed E-state index contributed by atoms with van der Waals surface area (Å²) in [5, 5.41) is 16.7. The van der Waals surface area contributed by atoms with E-state index in [-0.39, 0.29) is 0 Å². The molecule has 0 aliphatic carbocycles. The monoisotopic (exact) mass is 726 g/mol. The standard InChI is InChI=1S/C34H42N6O12/c1-3-23-27-19-31(49-37-27)45-15-11-41-7-9-43-13-17-47-33-21-29(39-51-33)25-5-2-6-26(36-25)30-22-34(52-40-30)48-18-14-44-10-8-42-12-16-46-32-20-28(38-50-32)24(4-1)35-23/h1-6,31-34H,7-22H2/t31-,32-,33+,34+. The quantitative estimate of drug-likeness (QED) is 0.384. The molecular weight excluding hydrogens is 684 g/mol. The third-order valence-corrected chi connectivity index (χ3v) is 8.11. The fraction of sp³-hybridized carbons (Fsp3) is 0.588. The molecular formula is C34H42N6O12. The zero-order valence-corrected chi connectivity index (χ0v) is 28.7. The van der Waals surface area contributed by atoms with E-state index in [2.05, 4.69) is 20.6 Å². The number of fused-ring (bicyclic) bond motifs is 16. The average molecular weight is 727 g/mol. The van der Waals surface area contributed by atoms with Crippen LogP contribution in [0, 0.1) is 0 Å². The van der Waals surface area contributed by atoms with Crippen LogP contribution in [-0.4, -0.2) is 137 Å². The summed E-state index contributed by atoms with van der Waals surface area (Å²) < 4.78 is 45.6. The van der Waals surface area contributed by atoms with Crippen molar-refractivity contribution in [2.24, 2.45) is 20.6 Å². The van der Waals surface area contributed by atoms with Crippen molar-refractivity contribution >= 4 is 22.8 Å². The first-order valence-electron chi connectivity index (χ1n) is 17.4. The normalized spacial score (nSPS) is 27.2. The van der Waals surface area contributed by atoms with Crippen molar-refractivity contribution in [2.75, 3.05) is 79.3 Å². The Morgan fingerprint density at radius 3 is 0.865 bits per heavy atom. The van der Waals surface area contributed by atoms with E-state index in [9.17, 15) is 0 Å². The summed E-state index contributed by atoms with van der Waals surface area (Å²) in [5.41, 5.74) is 5.46. The number of pyridine rings is 2. The molecule has 0 amide bonds. The van der Waals surface area contributed by atoms with Crippen LogP contribution in [0.2, 0.25) is 0 Å². The van der Waals surface area contributed by atoms with Gasteiger partial charge in [0.2, 0.25) is 25.2 Å². The second-order valence-corrected chi connectivity index (χ2v) is 11.9. The Morgan fingerprint density at radius 1 is 0.346 bits per heavy atom.